The van der Waals surface area contributed by atoms with Crippen LogP contribution >= 0.6 is 15.9 Å². The van der Waals surface area contributed by atoms with Crippen LogP contribution in [0, 0.1) is 11.6 Å². The molecule has 6 heteroatoms. The third kappa shape index (κ3) is 3.74. The quantitative estimate of drug-likeness (QED) is 0.896. The number of benzene rings is 1. The molecule has 94 valence electrons. The van der Waals surface area contributed by atoms with Gasteiger partial charge in [0.15, 0.2) is 0 Å². The van der Waals surface area contributed by atoms with E-state index in [4.69, 9.17) is 5.11 Å². The lowest BCUT2D eigenvalue weighted by molar-refractivity contribution is 0.0926. The summed E-state index contributed by atoms with van der Waals surface area (Å²) in [7, 11) is 0. The summed E-state index contributed by atoms with van der Waals surface area (Å²) in [6.45, 7) is 1.54. The standard InChI is InChI=1S/C11H12BrF2NO2/c1-6(2-3-16)15-11(17)10-8(13)4-7(12)5-9(10)14/h4-6,16H,2-3H2,1H3,(H,15,17). The van der Waals surface area contributed by atoms with E-state index >= 15 is 0 Å². The fraction of sp³-hybridized carbons (Fsp3) is 0.364. The summed E-state index contributed by atoms with van der Waals surface area (Å²) in [5.74, 6) is -2.68. The summed E-state index contributed by atoms with van der Waals surface area (Å²) in [4.78, 5) is 11.6. The lowest BCUT2D eigenvalue weighted by atomic mass is 10.1. The zero-order valence-corrected chi connectivity index (χ0v) is 10.7. The molecule has 1 aromatic carbocycles. The van der Waals surface area contributed by atoms with Crippen LogP contribution in [-0.2, 0) is 0 Å². The van der Waals surface area contributed by atoms with E-state index < -0.39 is 23.1 Å². The second-order valence-electron chi connectivity index (χ2n) is 3.63. The van der Waals surface area contributed by atoms with Crippen molar-refractivity contribution in [1.29, 1.82) is 0 Å². The molecule has 3 nitrogen and oxygen atoms in total. The van der Waals surface area contributed by atoms with Gasteiger partial charge in [-0.2, -0.15) is 0 Å². The van der Waals surface area contributed by atoms with Crippen LogP contribution in [0.15, 0.2) is 16.6 Å². The molecule has 1 aromatic rings. The van der Waals surface area contributed by atoms with Crippen molar-refractivity contribution in [3.63, 3.8) is 0 Å². The van der Waals surface area contributed by atoms with Gasteiger partial charge in [0.2, 0.25) is 0 Å². The van der Waals surface area contributed by atoms with Crippen LogP contribution in [0.4, 0.5) is 8.78 Å². The van der Waals surface area contributed by atoms with Crippen LogP contribution in [0.2, 0.25) is 0 Å². The maximum Gasteiger partial charge on any atom is 0.257 e. The van der Waals surface area contributed by atoms with Gasteiger partial charge in [0.05, 0.1) is 0 Å². The highest BCUT2D eigenvalue weighted by Crippen LogP contribution is 2.19. The zero-order valence-electron chi connectivity index (χ0n) is 9.14. The van der Waals surface area contributed by atoms with E-state index in [1.165, 1.54) is 0 Å². The molecule has 0 aromatic heterocycles. The van der Waals surface area contributed by atoms with Crippen molar-refractivity contribution in [3.8, 4) is 0 Å². The number of aliphatic hydroxyl groups is 1. The van der Waals surface area contributed by atoms with E-state index in [1.54, 1.807) is 6.92 Å². The van der Waals surface area contributed by atoms with Gasteiger partial charge in [-0.3, -0.25) is 4.79 Å². The van der Waals surface area contributed by atoms with E-state index in [2.05, 4.69) is 21.2 Å². The molecule has 0 aliphatic rings. The van der Waals surface area contributed by atoms with Gasteiger partial charge in [-0.15, -0.1) is 0 Å². The van der Waals surface area contributed by atoms with E-state index in [-0.39, 0.29) is 17.1 Å². The Labute approximate surface area is 106 Å². The van der Waals surface area contributed by atoms with Crippen LogP contribution in [0.5, 0.6) is 0 Å². The second kappa shape index (κ2) is 6.07. The van der Waals surface area contributed by atoms with Gasteiger partial charge in [0, 0.05) is 17.1 Å². The number of carbonyl (C=O) groups excluding carboxylic acids is 1. The molecule has 1 atom stereocenters. The Hall–Kier alpha value is -1.01. The number of amides is 1. The molecule has 1 rings (SSSR count). The van der Waals surface area contributed by atoms with Crippen LogP contribution in [0.3, 0.4) is 0 Å². The first kappa shape index (κ1) is 14.1. The fourth-order valence-corrected chi connectivity index (χ4v) is 1.72. The van der Waals surface area contributed by atoms with Crippen molar-refractivity contribution in [2.75, 3.05) is 6.61 Å². The molecule has 1 amide bonds. The summed E-state index contributed by atoms with van der Waals surface area (Å²) in [5, 5.41) is 11.1. The average Bonchev–Trinajstić information content (AvgIpc) is 2.15. The summed E-state index contributed by atoms with van der Waals surface area (Å²) < 4.78 is 27.1. The third-order valence-corrected chi connectivity index (χ3v) is 2.63. The molecule has 0 heterocycles. The lowest BCUT2D eigenvalue weighted by Crippen LogP contribution is -2.34. The van der Waals surface area contributed by atoms with Gasteiger partial charge in [0.1, 0.15) is 17.2 Å². The van der Waals surface area contributed by atoms with E-state index in [1.807, 2.05) is 0 Å². The highest BCUT2D eigenvalue weighted by atomic mass is 79.9. The van der Waals surface area contributed by atoms with Gasteiger partial charge in [-0.1, -0.05) is 15.9 Å². The molecular weight excluding hydrogens is 296 g/mol. The molecule has 0 bridgehead atoms. The minimum atomic E-state index is -0.925. The summed E-state index contributed by atoms with van der Waals surface area (Å²) in [5.41, 5.74) is -0.613. The van der Waals surface area contributed by atoms with E-state index in [0.29, 0.717) is 6.42 Å². The summed E-state index contributed by atoms with van der Waals surface area (Å²) in [6, 6.07) is 1.69. The van der Waals surface area contributed by atoms with Gasteiger partial charge < -0.3 is 10.4 Å². The van der Waals surface area contributed by atoms with Gasteiger partial charge in [-0.05, 0) is 25.5 Å². The number of aliphatic hydroxyl groups excluding tert-OH is 1. The van der Waals surface area contributed by atoms with Crippen molar-refractivity contribution >= 4 is 21.8 Å². The van der Waals surface area contributed by atoms with E-state index in [9.17, 15) is 13.6 Å². The van der Waals surface area contributed by atoms with Crippen molar-refractivity contribution in [2.45, 2.75) is 19.4 Å². The van der Waals surface area contributed by atoms with Gasteiger partial charge >= 0.3 is 0 Å². The second-order valence-corrected chi connectivity index (χ2v) is 4.55. The highest BCUT2D eigenvalue weighted by Gasteiger charge is 2.19. The molecular formula is C11H12BrF2NO2. The van der Waals surface area contributed by atoms with Crippen LogP contribution in [0.1, 0.15) is 23.7 Å². The number of hydrogen-bond donors (Lipinski definition) is 2. The Bertz CT molecular complexity index is 403. The minimum absolute atomic E-state index is 0.104. The molecule has 2 N–H and O–H groups in total. The van der Waals surface area contributed by atoms with Crippen LogP contribution in [0.25, 0.3) is 0 Å². The number of carbonyl (C=O) groups is 1. The zero-order chi connectivity index (χ0) is 13.0. The van der Waals surface area contributed by atoms with Crippen LogP contribution < -0.4 is 5.32 Å². The summed E-state index contributed by atoms with van der Waals surface area (Å²) >= 11 is 2.93. The SMILES string of the molecule is CC(CCO)NC(=O)c1c(F)cc(Br)cc1F. The first-order valence-electron chi connectivity index (χ1n) is 5.02. The van der Waals surface area contributed by atoms with Crippen molar-refractivity contribution in [1.82, 2.24) is 5.32 Å². The summed E-state index contributed by atoms with van der Waals surface area (Å²) in [6.07, 6.45) is 0.325. The molecule has 0 spiro atoms. The smallest absolute Gasteiger partial charge is 0.257 e. The number of halogens is 3. The molecule has 0 aliphatic heterocycles. The Balaban J connectivity index is 2.89. The number of nitrogens with one attached hydrogen (secondary N) is 1. The Kier molecular flexibility index (Phi) is 5.02. The molecule has 0 fully saturated rings. The predicted octanol–water partition coefficient (Wildman–Crippen LogP) is 2.23. The maximum atomic E-state index is 13.4. The average molecular weight is 308 g/mol. The topological polar surface area (TPSA) is 49.3 Å². The molecule has 17 heavy (non-hydrogen) atoms. The Morgan fingerprint density at radius 2 is 2.00 bits per heavy atom. The monoisotopic (exact) mass is 307 g/mol. The van der Waals surface area contributed by atoms with Gasteiger partial charge in [0.25, 0.3) is 5.91 Å². The van der Waals surface area contributed by atoms with E-state index in [0.717, 1.165) is 12.1 Å². The normalized spacial score (nSPS) is 12.3. The predicted molar refractivity (Wildman–Crippen MR) is 62.7 cm³/mol. The minimum Gasteiger partial charge on any atom is -0.396 e. The molecule has 0 saturated carbocycles. The molecule has 0 radical (unpaired) electrons. The Morgan fingerprint density at radius 3 is 2.47 bits per heavy atom. The fourth-order valence-electron chi connectivity index (χ4n) is 1.32. The number of hydrogen-bond acceptors (Lipinski definition) is 2. The Morgan fingerprint density at radius 1 is 1.47 bits per heavy atom. The largest absolute Gasteiger partial charge is 0.396 e. The first-order chi connectivity index (χ1) is 7.95. The van der Waals surface area contributed by atoms with Crippen LogP contribution in [-0.4, -0.2) is 23.7 Å². The molecule has 0 aliphatic carbocycles. The first-order valence-corrected chi connectivity index (χ1v) is 5.81. The highest BCUT2D eigenvalue weighted by molar-refractivity contribution is 9.10. The third-order valence-electron chi connectivity index (χ3n) is 2.17. The lowest BCUT2D eigenvalue weighted by Gasteiger charge is -2.13. The van der Waals surface area contributed by atoms with Crippen molar-refractivity contribution in [2.24, 2.45) is 0 Å². The molecule has 0 saturated heterocycles. The number of rotatable bonds is 4. The van der Waals surface area contributed by atoms with Crippen molar-refractivity contribution < 1.29 is 18.7 Å². The maximum absolute atomic E-state index is 13.4. The molecule has 1 unspecified atom stereocenters. The van der Waals surface area contributed by atoms with Gasteiger partial charge in [-0.25, -0.2) is 8.78 Å². The van der Waals surface area contributed by atoms with Crippen molar-refractivity contribution in [3.05, 3.63) is 33.8 Å².